The van der Waals surface area contributed by atoms with Crippen LogP contribution in [0.4, 0.5) is 0 Å². The van der Waals surface area contributed by atoms with Gasteiger partial charge in [-0.1, -0.05) is 26.7 Å². The molecule has 1 nitrogen and oxygen atoms in total. The third-order valence-electron chi connectivity index (χ3n) is 2.99. The van der Waals surface area contributed by atoms with Gasteiger partial charge >= 0.3 is 0 Å². The third kappa shape index (κ3) is 2.19. The smallest absolute Gasteiger partial charge is 0.00949 e. The van der Waals surface area contributed by atoms with Crippen molar-refractivity contribution in [3.63, 3.8) is 0 Å². The van der Waals surface area contributed by atoms with Gasteiger partial charge in [0, 0.05) is 6.04 Å². The molecule has 0 amide bonds. The highest BCUT2D eigenvalue weighted by molar-refractivity contribution is 4.93. The van der Waals surface area contributed by atoms with Gasteiger partial charge in [0.2, 0.25) is 0 Å². The van der Waals surface area contributed by atoms with E-state index in [2.05, 4.69) is 26.2 Å². The van der Waals surface area contributed by atoms with Gasteiger partial charge in [0.05, 0.1) is 0 Å². The van der Waals surface area contributed by atoms with E-state index in [0.29, 0.717) is 0 Å². The fraction of sp³-hybridized carbons (Fsp3) is 1.00. The van der Waals surface area contributed by atoms with Crippen LogP contribution in [0.15, 0.2) is 0 Å². The van der Waals surface area contributed by atoms with Crippen LogP contribution < -0.4 is 5.32 Å². The molecule has 1 fully saturated rings. The quantitative estimate of drug-likeness (QED) is 0.643. The van der Waals surface area contributed by atoms with E-state index in [-0.39, 0.29) is 0 Å². The number of hydrogen-bond donors (Lipinski definition) is 1. The summed E-state index contributed by atoms with van der Waals surface area (Å²) in [4.78, 5) is 0. The average molecular weight is 155 g/mol. The molecule has 0 heterocycles. The molecule has 0 radical (unpaired) electrons. The van der Waals surface area contributed by atoms with Gasteiger partial charge < -0.3 is 5.32 Å². The van der Waals surface area contributed by atoms with Crippen LogP contribution in [0.1, 0.15) is 39.5 Å². The molecule has 1 aliphatic rings. The van der Waals surface area contributed by atoms with Crippen molar-refractivity contribution in [1.82, 2.24) is 5.32 Å². The van der Waals surface area contributed by atoms with Crippen molar-refractivity contribution in [2.45, 2.75) is 45.6 Å². The highest BCUT2D eigenvalue weighted by atomic mass is 14.9. The highest BCUT2D eigenvalue weighted by Gasteiger charge is 2.39. The summed E-state index contributed by atoms with van der Waals surface area (Å²) >= 11 is 0. The Bertz CT molecular complexity index is 111. The van der Waals surface area contributed by atoms with E-state index in [1.807, 2.05) is 0 Å². The van der Waals surface area contributed by atoms with Crippen molar-refractivity contribution in [2.75, 3.05) is 7.05 Å². The summed E-state index contributed by atoms with van der Waals surface area (Å²) in [6, 6.07) is 0.810. The first-order valence-corrected chi connectivity index (χ1v) is 5.00. The lowest BCUT2D eigenvalue weighted by atomic mass is 10.1. The van der Waals surface area contributed by atoms with Crippen LogP contribution in [-0.2, 0) is 0 Å². The first kappa shape index (κ1) is 9.05. The SMILES string of the molecule is CCCC(NC)[C@@H]1CC1CC. The van der Waals surface area contributed by atoms with Crippen LogP contribution >= 0.6 is 0 Å². The van der Waals surface area contributed by atoms with Crippen molar-refractivity contribution in [1.29, 1.82) is 0 Å². The molecule has 0 spiro atoms. The fourth-order valence-electron chi connectivity index (χ4n) is 2.12. The molecule has 0 aliphatic heterocycles. The van der Waals surface area contributed by atoms with Crippen LogP contribution in [-0.4, -0.2) is 13.1 Å². The minimum absolute atomic E-state index is 0.810. The molecule has 0 aromatic rings. The van der Waals surface area contributed by atoms with Crippen LogP contribution in [0.5, 0.6) is 0 Å². The average Bonchev–Trinajstić information content (AvgIpc) is 2.79. The summed E-state index contributed by atoms with van der Waals surface area (Å²) in [5, 5.41) is 3.43. The maximum atomic E-state index is 3.43. The minimum Gasteiger partial charge on any atom is -0.317 e. The first-order valence-electron chi connectivity index (χ1n) is 5.00. The van der Waals surface area contributed by atoms with Gasteiger partial charge in [0.1, 0.15) is 0 Å². The summed E-state index contributed by atoms with van der Waals surface area (Å²) in [7, 11) is 2.10. The summed E-state index contributed by atoms with van der Waals surface area (Å²) in [5.74, 6) is 2.05. The van der Waals surface area contributed by atoms with E-state index >= 15 is 0 Å². The predicted octanol–water partition coefficient (Wildman–Crippen LogP) is 2.42. The molecule has 1 heteroatoms. The third-order valence-corrected chi connectivity index (χ3v) is 2.99. The normalized spacial score (nSPS) is 31.9. The standard InChI is InChI=1S/C10H21N/c1-4-6-10(11-3)9-7-8(9)5-2/h8-11H,4-7H2,1-3H3/t8?,9-,10?/m1/s1. The monoisotopic (exact) mass is 155 g/mol. The van der Waals surface area contributed by atoms with Crippen molar-refractivity contribution < 1.29 is 0 Å². The maximum Gasteiger partial charge on any atom is 0.00949 e. The zero-order valence-corrected chi connectivity index (χ0v) is 8.06. The molecule has 3 atom stereocenters. The van der Waals surface area contributed by atoms with Gasteiger partial charge in [-0.15, -0.1) is 0 Å². The van der Waals surface area contributed by atoms with Gasteiger partial charge in [0.15, 0.2) is 0 Å². The Labute approximate surface area is 70.6 Å². The second-order valence-electron chi connectivity index (χ2n) is 3.75. The zero-order chi connectivity index (χ0) is 8.27. The van der Waals surface area contributed by atoms with Gasteiger partial charge in [-0.2, -0.15) is 0 Å². The van der Waals surface area contributed by atoms with Gasteiger partial charge in [-0.05, 0) is 31.7 Å². The molecule has 2 unspecified atom stereocenters. The second kappa shape index (κ2) is 4.10. The molecule has 11 heavy (non-hydrogen) atoms. The van der Waals surface area contributed by atoms with Crippen LogP contribution in [0.2, 0.25) is 0 Å². The van der Waals surface area contributed by atoms with Gasteiger partial charge in [-0.25, -0.2) is 0 Å². The topological polar surface area (TPSA) is 12.0 Å². The molecule has 0 bridgehead atoms. The highest BCUT2D eigenvalue weighted by Crippen LogP contribution is 2.44. The Hall–Kier alpha value is -0.0400. The molecule has 0 aromatic carbocycles. The summed E-state index contributed by atoms with van der Waals surface area (Å²) < 4.78 is 0. The Morgan fingerprint density at radius 2 is 2.18 bits per heavy atom. The predicted molar refractivity (Wildman–Crippen MR) is 49.6 cm³/mol. The molecule has 0 aromatic heterocycles. The molecule has 1 N–H and O–H groups in total. The molecule has 1 saturated carbocycles. The number of hydrogen-bond acceptors (Lipinski definition) is 1. The van der Waals surface area contributed by atoms with Crippen LogP contribution in [0.3, 0.4) is 0 Å². The lowest BCUT2D eigenvalue weighted by molar-refractivity contribution is 0.439. The first-order chi connectivity index (χ1) is 5.33. The van der Waals surface area contributed by atoms with Crippen molar-refractivity contribution >= 4 is 0 Å². The summed E-state index contributed by atoms with van der Waals surface area (Å²) in [5.41, 5.74) is 0. The van der Waals surface area contributed by atoms with E-state index in [4.69, 9.17) is 0 Å². The molecule has 0 saturated heterocycles. The van der Waals surface area contributed by atoms with Gasteiger partial charge in [-0.3, -0.25) is 0 Å². The Balaban J connectivity index is 2.22. The van der Waals surface area contributed by atoms with E-state index in [9.17, 15) is 0 Å². The van der Waals surface area contributed by atoms with Crippen molar-refractivity contribution in [3.8, 4) is 0 Å². The molecule has 66 valence electrons. The second-order valence-corrected chi connectivity index (χ2v) is 3.75. The lowest BCUT2D eigenvalue weighted by Gasteiger charge is -2.14. The summed E-state index contributed by atoms with van der Waals surface area (Å²) in [6.07, 6.45) is 5.53. The van der Waals surface area contributed by atoms with E-state index in [0.717, 1.165) is 17.9 Å². The number of nitrogens with one attached hydrogen (secondary N) is 1. The number of rotatable bonds is 5. The fourth-order valence-corrected chi connectivity index (χ4v) is 2.12. The Morgan fingerprint density at radius 3 is 2.55 bits per heavy atom. The Kier molecular flexibility index (Phi) is 3.38. The summed E-state index contributed by atoms with van der Waals surface area (Å²) in [6.45, 7) is 4.58. The van der Waals surface area contributed by atoms with E-state index < -0.39 is 0 Å². The zero-order valence-electron chi connectivity index (χ0n) is 8.06. The van der Waals surface area contributed by atoms with Crippen molar-refractivity contribution in [3.05, 3.63) is 0 Å². The Morgan fingerprint density at radius 1 is 1.45 bits per heavy atom. The minimum atomic E-state index is 0.810. The van der Waals surface area contributed by atoms with Crippen LogP contribution in [0, 0.1) is 11.8 Å². The largest absolute Gasteiger partial charge is 0.317 e. The molecule has 1 rings (SSSR count). The van der Waals surface area contributed by atoms with Crippen LogP contribution in [0.25, 0.3) is 0 Å². The van der Waals surface area contributed by atoms with E-state index in [1.165, 1.54) is 25.7 Å². The molecular weight excluding hydrogens is 134 g/mol. The van der Waals surface area contributed by atoms with Gasteiger partial charge in [0.25, 0.3) is 0 Å². The molecule has 1 aliphatic carbocycles. The van der Waals surface area contributed by atoms with E-state index in [1.54, 1.807) is 0 Å². The maximum absolute atomic E-state index is 3.43. The van der Waals surface area contributed by atoms with Crippen molar-refractivity contribution in [2.24, 2.45) is 11.8 Å². The lowest BCUT2D eigenvalue weighted by Crippen LogP contribution is -2.27. The molecular formula is C10H21N.